The molecule has 0 spiro atoms. The maximum atomic E-state index is 11.9. The van der Waals surface area contributed by atoms with E-state index in [4.69, 9.17) is 4.99 Å². The molecule has 0 amide bonds. The van der Waals surface area contributed by atoms with Crippen molar-refractivity contribution >= 4 is 16.0 Å². The van der Waals surface area contributed by atoms with Crippen molar-refractivity contribution in [1.29, 1.82) is 0 Å². The fourth-order valence-corrected chi connectivity index (χ4v) is 4.55. The molecule has 1 heterocycles. The van der Waals surface area contributed by atoms with Crippen molar-refractivity contribution in [2.24, 2.45) is 4.99 Å². The van der Waals surface area contributed by atoms with Crippen molar-refractivity contribution in [2.45, 2.75) is 50.3 Å². The summed E-state index contributed by atoms with van der Waals surface area (Å²) in [4.78, 5) is 7.46. The molecule has 0 aromatic heterocycles. The summed E-state index contributed by atoms with van der Waals surface area (Å²) in [5.41, 5.74) is 2.29. The van der Waals surface area contributed by atoms with Crippen molar-refractivity contribution < 1.29 is 8.42 Å². The Balaban J connectivity index is 1.60. The van der Waals surface area contributed by atoms with E-state index in [9.17, 15) is 8.42 Å². The maximum Gasteiger partial charge on any atom is 0.240 e. The standard InChI is InChI=1S/C23H33N5O2S/c1-4-25-23(26-15-19-10-12-22(13-11-19)31(29,30)24-3)27-21-14-18(2)28(17-21)16-20-8-6-5-7-9-20/h5-13,18,21,24H,4,14-17H2,1-3H3,(H2,25,26,27). The molecular weight excluding hydrogens is 410 g/mol. The highest BCUT2D eigenvalue weighted by molar-refractivity contribution is 7.89. The average Bonchev–Trinajstić information content (AvgIpc) is 3.11. The number of likely N-dealkylation sites (tertiary alicyclic amines) is 1. The molecule has 168 valence electrons. The fraction of sp³-hybridized carbons (Fsp3) is 0.435. The molecule has 31 heavy (non-hydrogen) atoms. The molecule has 3 rings (SSSR count). The number of sulfonamides is 1. The van der Waals surface area contributed by atoms with Crippen LogP contribution in [-0.2, 0) is 23.1 Å². The summed E-state index contributed by atoms with van der Waals surface area (Å²) in [6, 6.07) is 18.2. The first kappa shape index (κ1) is 23.2. The molecule has 0 bridgehead atoms. The summed E-state index contributed by atoms with van der Waals surface area (Å²) in [5, 5.41) is 6.89. The monoisotopic (exact) mass is 443 g/mol. The Morgan fingerprint density at radius 3 is 2.45 bits per heavy atom. The van der Waals surface area contributed by atoms with E-state index in [1.165, 1.54) is 12.6 Å². The molecule has 0 radical (unpaired) electrons. The van der Waals surface area contributed by atoms with Crippen LogP contribution in [0.3, 0.4) is 0 Å². The van der Waals surface area contributed by atoms with Gasteiger partial charge in [-0.2, -0.15) is 0 Å². The maximum absolute atomic E-state index is 11.9. The summed E-state index contributed by atoms with van der Waals surface area (Å²) >= 11 is 0. The van der Waals surface area contributed by atoms with E-state index in [0.717, 1.165) is 37.6 Å². The van der Waals surface area contributed by atoms with Crippen LogP contribution in [0.2, 0.25) is 0 Å². The fourth-order valence-electron chi connectivity index (χ4n) is 3.82. The number of nitrogens with zero attached hydrogens (tertiary/aromatic N) is 2. The Bertz CT molecular complexity index is 961. The molecule has 3 N–H and O–H groups in total. The third-order valence-corrected chi connectivity index (χ3v) is 6.97. The van der Waals surface area contributed by atoms with Gasteiger partial charge in [0.25, 0.3) is 0 Å². The normalized spacial score (nSPS) is 20.0. The van der Waals surface area contributed by atoms with E-state index < -0.39 is 10.0 Å². The van der Waals surface area contributed by atoms with Gasteiger partial charge in [0.05, 0.1) is 11.4 Å². The molecule has 2 aromatic rings. The van der Waals surface area contributed by atoms with Crippen LogP contribution in [-0.4, -0.2) is 51.5 Å². The van der Waals surface area contributed by atoms with E-state index in [1.54, 1.807) is 24.3 Å². The first-order valence-corrected chi connectivity index (χ1v) is 12.2. The van der Waals surface area contributed by atoms with E-state index in [1.807, 2.05) is 13.0 Å². The van der Waals surface area contributed by atoms with Gasteiger partial charge in [-0.15, -0.1) is 0 Å². The van der Waals surface area contributed by atoms with Crippen molar-refractivity contribution in [3.63, 3.8) is 0 Å². The average molecular weight is 444 g/mol. The molecule has 2 atom stereocenters. The molecule has 0 saturated carbocycles. The van der Waals surface area contributed by atoms with Crippen molar-refractivity contribution in [1.82, 2.24) is 20.3 Å². The van der Waals surface area contributed by atoms with Gasteiger partial charge in [-0.1, -0.05) is 42.5 Å². The molecular formula is C23H33N5O2S. The highest BCUT2D eigenvalue weighted by atomic mass is 32.2. The SMILES string of the molecule is CCNC(=NCc1ccc(S(=O)(=O)NC)cc1)NC1CC(C)N(Cc2ccccc2)C1. The van der Waals surface area contributed by atoms with Gasteiger partial charge < -0.3 is 10.6 Å². The zero-order valence-corrected chi connectivity index (χ0v) is 19.3. The second-order valence-electron chi connectivity index (χ2n) is 7.89. The molecule has 1 aliphatic rings. The third-order valence-electron chi connectivity index (χ3n) is 5.54. The molecule has 0 aliphatic carbocycles. The predicted molar refractivity (Wildman–Crippen MR) is 125 cm³/mol. The number of benzene rings is 2. The van der Waals surface area contributed by atoms with Gasteiger partial charge in [0.1, 0.15) is 0 Å². The van der Waals surface area contributed by atoms with Crippen LogP contribution >= 0.6 is 0 Å². The number of guanidine groups is 1. The molecule has 2 unspecified atom stereocenters. The Morgan fingerprint density at radius 1 is 1.10 bits per heavy atom. The highest BCUT2D eigenvalue weighted by Crippen LogP contribution is 2.20. The Morgan fingerprint density at radius 2 is 1.81 bits per heavy atom. The van der Waals surface area contributed by atoms with E-state index in [0.29, 0.717) is 18.6 Å². The summed E-state index contributed by atoms with van der Waals surface area (Å²) in [7, 11) is -2.01. The van der Waals surface area contributed by atoms with Gasteiger partial charge in [0.15, 0.2) is 5.96 Å². The molecule has 2 aromatic carbocycles. The quantitative estimate of drug-likeness (QED) is 0.431. The van der Waals surface area contributed by atoms with E-state index in [2.05, 4.69) is 51.4 Å². The van der Waals surface area contributed by atoms with Gasteiger partial charge in [0.2, 0.25) is 10.0 Å². The summed E-state index contributed by atoms with van der Waals surface area (Å²) in [6.45, 7) is 7.50. The van der Waals surface area contributed by atoms with Crippen LogP contribution in [0.25, 0.3) is 0 Å². The second kappa shape index (κ2) is 10.7. The van der Waals surface area contributed by atoms with Crippen LogP contribution in [0.1, 0.15) is 31.4 Å². The molecule has 7 nitrogen and oxygen atoms in total. The number of hydrogen-bond acceptors (Lipinski definition) is 4. The van der Waals surface area contributed by atoms with Crippen LogP contribution in [0.15, 0.2) is 64.5 Å². The number of hydrogen-bond donors (Lipinski definition) is 3. The lowest BCUT2D eigenvalue weighted by atomic mass is 10.2. The van der Waals surface area contributed by atoms with Crippen LogP contribution < -0.4 is 15.4 Å². The summed E-state index contributed by atoms with van der Waals surface area (Å²) < 4.78 is 26.1. The minimum atomic E-state index is -3.42. The summed E-state index contributed by atoms with van der Waals surface area (Å²) in [6.07, 6.45) is 1.06. The lowest BCUT2D eigenvalue weighted by Gasteiger charge is -2.21. The zero-order chi connectivity index (χ0) is 22.3. The van der Waals surface area contributed by atoms with Crippen LogP contribution in [0.4, 0.5) is 0 Å². The predicted octanol–water partition coefficient (Wildman–Crippen LogP) is 2.31. The molecule has 8 heteroatoms. The molecule has 1 saturated heterocycles. The minimum absolute atomic E-state index is 0.256. The smallest absolute Gasteiger partial charge is 0.240 e. The topological polar surface area (TPSA) is 85.8 Å². The zero-order valence-electron chi connectivity index (χ0n) is 18.5. The number of nitrogens with one attached hydrogen (secondary N) is 3. The first-order chi connectivity index (χ1) is 14.9. The number of aliphatic imine (C=N–C) groups is 1. The second-order valence-corrected chi connectivity index (χ2v) is 9.77. The minimum Gasteiger partial charge on any atom is -0.357 e. The van der Waals surface area contributed by atoms with Gasteiger partial charge >= 0.3 is 0 Å². The van der Waals surface area contributed by atoms with E-state index in [-0.39, 0.29) is 4.90 Å². The van der Waals surface area contributed by atoms with Gasteiger partial charge in [-0.25, -0.2) is 18.1 Å². The van der Waals surface area contributed by atoms with Crippen LogP contribution in [0, 0.1) is 0 Å². The van der Waals surface area contributed by atoms with Gasteiger partial charge in [-0.05, 0) is 50.6 Å². The van der Waals surface area contributed by atoms with Crippen LogP contribution in [0.5, 0.6) is 0 Å². The Labute approximate surface area is 186 Å². The first-order valence-electron chi connectivity index (χ1n) is 10.8. The Kier molecular flexibility index (Phi) is 8.06. The Hall–Kier alpha value is -2.42. The highest BCUT2D eigenvalue weighted by Gasteiger charge is 2.29. The largest absolute Gasteiger partial charge is 0.357 e. The van der Waals surface area contributed by atoms with Gasteiger partial charge in [-0.3, -0.25) is 4.90 Å². The van der Waals surface area contributed by atoms with Gasteiger partial charge in [0, 0.05) is 31.7 Å². The van der Waals surface area contributed by atoms with Crippen molar-refractivity contribution in [3.8, 4) is 0 Å². The van der Waals surface area contributed by atoms with Crippen molar-refractivity contribution in [3.05, 3.63) is 65.7 Å². The number of rotatable bonds is 8. The summed E-state index contributed by atoms with van der Waals surface area (Å²) in [5.74, 6) is 0.785. The lowest BCUT2D eigenvalue weighted by Crippen LogP contribution is -2.44. The third kappa shape index (κ3) is 6.53. The molecule has 1 fully saturated rings. The lowest BCUT2D eigenvalue weighted by molar-refractivity contribution is 0.258. The van der Waals surface area contributed by atoms with E-state index >= 15 is 0 Å². The van der Waals surface area contributed by atoms with Crippen molar-refractivity contribution in [2.75, 3.05) is 20.1 Å². The molecule has 1 aliphatic heterocycles.